The van der Waals surface area contributed by atoms with Gasteiger partial charge >= 0.3 is 0 Å². The van der Waals surface area contributed by atoms with Gasteiger partial charge in [0, 0.05) is 29.9 Å². The summed E-state index contributed by atoms with van der Waals surface area (Å²) in [6.45, 7) is 2.09. The van der Waals surface area contributed by atoms with E-state index in [2.05, 4.69) is 40.5 Å². The zero-order valence-electron chi connectivity index (χ0n) is 12.0. The van der Waals surface area contributed by atoms with Crippen LogP contribution in [0.1, 0.15) is 22.9 Å². The van der Waals surface area contributed by atoms with Crippen molar-refractivity contribution in [2.75, 3.05) is 7.05 Å². The van der Waals surface area contributed by atoms with Crippen molar-refractivity contribution in [3.63, 3.8) is 0 Å². The van der Waals surface area contributed by atoms with Gasteiger partial charge in [-0.25, -0.2) is 0 Å². The smallest absolute Gasteiger partial charge is 0.0705 e. The molecule has 2 heterocycles. The lowest BCUT2D eigenvalue weighted by Gasteiger charge is -2.18. The molecule has 1 aromatic carbocycles. The van der Waals surface area contributed by atoms with Crippen molar-refractivity contribution in [2.45, 2.75) is 13.0 Å². The number of nitrogens with zero attached hydrogens (tertiary/aromatic N) is 3. The lowest BCUT2D eigenvalue weighted by Crippen LogP contribution is -2.18. The van der Waals surface area contributed by atoms with Crippen molar-refractivity contribution in [3.8, 4) is 0 Å². The summed E-state index contributed by atoms with van der Waals surface area (Å²) in [4.78, 5) is 4.43. The van der Waals surface area contributed by atoms with Crippen LogP contribution in [0.4, 0.5) is 0 Å². The summed E-state index contributed by atoms with van der Waals surface area (Å²) in [5.41, 5.74) is 4.62. The molecule has 20 heavy (non-hydrogen) atoms. The van der Waals surface area contributed by atoms with Crippen molar-refractivity contribution in [2.24, 2.45) is 7.05 Å². The molecule has 0 spiro atoms. The van der Waals surface area contributed by atoms with Gasteiger partial charge in [0.05, 0.1) is 17.8 Å². The van der Waals surface area contributed by atoms with E-state index in [1.54, 1.807) is 0 Å². The van der Waals surface area contributed by atoms with Crippen LogP contribution in [0, 0.1) is 6.92 Å². The zero-order valence-corrected chi connectivity index (χ0v) is 12.0. The molecule has 0 aliphatic carbocycles. The number of benzene rings is 1. The third kappa shape index (κ3) is 1.98. The predicted molar refractivity (Wildman–Crippen MR) is 80.6 cm³/mol. The fourth-order valence-electron chi connectivity index (χ4n) is 2.66. The molecule has 3 rings (SSSR count). The summed E-state index contributed by atoms with van der Waals surface area (Å²) >= 11 is 0. The van der Waals surface area contributed by atoms with Gasteiger partial charge in [-0.2, -0.15) is 5.10 Å². The highest BCUT2D eigenvalue weighted by molar-refractivity contribution is 5.83. The third-order valence-corrected chi connectivity index (χ3v) is 3.86. The van der Waals surface area contributed by atoms with Crippen molar-refractivity contribution >= 4 is 10.9 Å². The molecule has 0 aliphatic heterocycles. The topological polar surface area (TPSA) is 42.7 Å². The maximum Gasteiger partial charge on any atom is 0.0705 e. The number of rotatable bonds is 3. The number of pyridine rings is 1. The molecular weight excluding hydrogens is 248 g/mol. The quantitative estimate of drug-likeness (QED) is 0.792. The molecule has 1 N–H and O–H groups in total. The Hall–Kier alpha value is -2.20. The van der Waals surface area contributed by atoms with Gasteiger partial charge in [0.15, 0.2) is 0 Å². The van der Waals surface area contributed by atoms with E-state index < -0.39 is 0 Å². The summed E-state index contributed by atoms with van der Waals surface area (Å²) in [6.07, 6.45) is 3.77. The molecule has 0 aliphatic rings. The minimum atomic E-state index is 0.122. The minimum absolute atomic E-state index is 0.122. The lowest BCUT2D eigenvalue weighted by molar-refractivity contribution is 0.683. The van der Waals surface area contributed by atoms with Gasteiger partial charge in [0.2, 0.25) is 0 Å². The Balaban J connectivity index is 2.19. The zero-order chi connectivity index (χ0) is 14.1. The first kappa shape index (κ1) is 12.8. The van der Waals surface area contributed by atoms with Crippen LogP contribution in [-0.2, 0) is 7.05 Å². The standard InChI is InChI=1S/C16H18N4/c1-11-14(10-19-20(11)3)16(17-2)13-6-4-8-15-12(13)7-5-9-18-15/h4-10,16-17H,1-3H3. The average Bonchev–Trinajstić information content (AvgIpc) is 2.81. The molecule has 1 atom stereocenters. The fourth-order valence-corrected chi connectivity index (χ4v) is 2.66. The second-order valence-electron chi connectivity index (χ2n) is 4.95. The normalized spacial score (nSPS) is 12.8. The molecule has 3 aromatic rings. The number of aromatic nitrogens is 3. The van der Waals surface area contributed by atoms with Crippen LogP contribution in [0.15, 0.2) is 42.7 Å². The van der Waals surface area contributed by atoms with E-state index in [0.29, 0.717) is 0 Å². The maximum atomic E-state index is 4.43. The van der Waals surface area contributed by atoms with Crippen molar-refractivity contribution in [1.29, 1.82) is 0 Å². The molecule has 0 saturated carbocycles. The molecule has 2 aromatic heterocycles. The lowest BCUT2D eigenvalue weighted by atomic mass is 9.96. The van der Waals surface area contributed by atoms with E-state index in [1.165, 1.54) is 22.2 Å². The Bertz CT molecular complexity index is 740. The second kappa shape index (κ2) is 5.06. The van der Waals surface area contributed by atoms with Gasteiger partial charge in [-0.15, -0.1) is 0 Å². The van der Waals surface area contributed by atoms with E-state index in [-0.39, 0.29) is 6.04 Å². The van der Waals surface area contributed by atoms with Gasteiger partial charge in [-0.3, -0.25) is 9.67 Å². The Kier molecular flexibility index (Phi) is 3.24. The largest absolute Gasteiger partial charge is 0.309 e. The minimum Gasteiger partial charge on any atom is -0.309 e. The highest BCUT2D eigenvalue weighted by Crippen LogP contribution is 2.29. The third-order valence-electron chi connectivity index (χ3n) is 3.86. The van der Waals surface area contributed by atoms with E-state index in [1.807, 2.05) is 43.3 Å². The van der Waals surface area contributed by atoms with Crippen molar-refractivity contribution in [3.05, 3.63) is 59.5 Å². The number of hydrogen-bond acceptors (Lipinski definition) is 3. The fraction of sp³-hybridized carbons (Fsp3) is 0.250. The van der Waals surface area contributed by atoms with Crippen LogP contribution < -0.4 is 5.32 Å². The molecule has 102 valence electrons. The van der Waals surface area contributed by atoms with Gasteiger partial charge in [-0.1, -0.05) is 18.2 Å². The molecule has 1 unspecified atom stereocenters. The summed E-state index contributed by atoms with van der Waals surface area (Å²) in [5, 5.41) is 8.93. The van der Waals surface area contributed by atoms with E-state index in [0.717, 1.165) is 5.52 Å². The van der Waals surface area contributed by atoms with E-state index in [9.17, 15) is 0 Å². The van der Waals surface area contributed by atoms with Crippen LogP contribution in [0.5, 0.6) is 0 Å². The van der Waals surface area contributed by atoms with Crippen LogP contribution in [0.2, 0.25) is 0 Å². The SMILES string of the molecule is CNC(c1cnn(C)c1C)c1cccc2ncccc12. The molecule has 0 amide bonds. The highest BCUT2D eigenvalue weighted by atomic mass is 15.3. The number of hydrogen-bond donors (Lipinski definition) is 1. The Morgan fingerprint density at radius 3 is 2.70 bits per heavy atom. The van der Waals surface area contributed by atoms with Gasteiger partial charge in [-0.05, 0) is 31.7 Å². The predicted octanol–water partition coefficient (Wildman–Crippen LogP) is 2.59. The number of fused-ring (bicyclic) bond motifs is 1. The van der Waals surface area contributed by atoms with Gasteiger partial charge in [0.25, 0.3) is 0 Å². The first-order chi connectivity index (χ1) is 9.72. The summed E-state index contributed by atoms with van der Waals surface area (Å²) < 4.78 is 1.91. The number of aryl methyl sites for hydroxylation is 1. The van der Waals surface area contributed by atoms with Gasteiger partial charge in [0.1, 0.15) is 0 Å². The molecule has 0 radical (unpaired) electrons. The first-order valence-corrected chi connectivity index (χ1v) is 6.71. The number of nitrogens with one attached hydrogen (secondary N) is 1. The molecular formula is C16H18N4. The maximum absolute atomic E-state index is 4.43. The molecule has 4 nitrogen and oxygen atoms in total. The molecule has 0 fully saturated rings. The molecule has 0 bridgehead atoms. The molecule has 0 saturated heterocycles. The van der Waals surface area contributed by atoms with Crippen molar-refractivity contribution in [1.82, 2.24) is 20.1 Å². The van der Waals surface area contributed by atoms with Crippen molar-refractivity contribution < 1.29 is 0 Å². The Labute approximate surface area is 118 Å². The summed E-state index contributed by atoms with van der Waals surface area (Å²) in [6, 6.07) is 10.5. The first-order valence-electron chi connectivity index (χ1n) is 6.71. The Morgan fingerprint density at radius 2 is 2.00 bits per heavy atom. The summed E-state index contributed by atoms with van der Waals surface area (Å²) in [7, 11) is 3.95. The average molecular weight is 266 g/mol. The van der Waals surface area contributed by atoms with E-state index >= 15 is 0 Å². The Morgan fingerprint density at radius 1 is 1.15 bits per heavy atom. The van der Waals surface area contributed by atoms with Gasteiger partial charge < -0.3 is 5.32 Å². The molecule has 4 heteroatoms. The highest BCUT2D eigenvalue weighted by Gasteiger charge is 2.19. The summed E-state index contributed by atoms with van der Waals surface area (Å²) in [5.74, 6) is 0. The second-order valence-corrected chi connectivity index (χ2v) is 4.95. The van der Waals surface area contributed by atoms with Crippen LogP contribution in [0.3, 0.4) is 0 Å². The van der Waals surface area contributed by atoms with Crippen LogP contribution in [-0.4, -0.2) is 21.8 Å². The van der Waals surface area contributed by atoms with E-state index in [4.69, 9.17) is 0 Å². The van der Waals surface area contributed by atoms with Crippen LogP contribution >= 0.6 is 0 Å². The monoisotopic (exact) mass is 266 g/mol. The van der Waals surface area contributed by atoms with Crippen LogP contribution in [0.25, 0.3) is 10.9 Å².